The zero-order chi connectivity index (χ0) is 17.8. The fourth-order valence-corrected chi connectivity index (χ4v) is 2.58. The topological polar surface area (TPSA) is 77.0 Å². The molecule has 2 aromatic heterocycles. The molecule has 25 heavy (non-hydrogen) atoms. The number of ether oxygens (including phenoxy) is 1. The molecule has 8 heteroatoms. The van der Waals surface area contributed by atoms with Gasteiger partial charge in [-0.15, -0.1) is 0 Å². The Bertz CT molecular complexity index is 922. The van der Waals surface area contributed by atoms with Crippen molar-refractivity contribution in [2.75, 3.05) is 5.32 Å². The summed E-state index contributed by atoms with van der Waals surface area (Å²) in [5, 5.41) is 2.95. The number of carbonyl (C=O) groups is 1. The molecule has 0 aliphatic heterocycles. The molecule has 126 valence electrons. The number of nitrogens with zero attached hydrogens (tertiary/aromatic N) is 3. The maximum absolute atomic E-state index is 12.4. The summed E-state index contributed by atoms with van der Waals surface area (Å²) in [6, 6.07) is 8.82. The second-order valence-electron chi connectivity index (χ2n) is 5.06. The van der Waals surface area contributed by atoms with Crippen molar-refractivity contribution in [2.24, 2.45) is 0 Å². The number of anilines is 1. The van der Waals surface area contributed by atoms with Crippen molar-refractivity contribution >= 4 is 39.1 Å². The highest BCUT2D eigenvalue weighted by Crippen LogP contribution is 2.25. The predicted molar refractivity (Wildman–Crippen MR) is 98.2 cm³/mol. The standard InChI is InChI=1S/C17H12BrClN4O2/c1-10-7-12(25-17-20-5-2-6-21-17)3-4-14(10)23-16(24)13-8-11(18)9-22-15(13)19/h2-9H,1H3,(H,23,24). The van der Waals surface area contributed by atoms with Crippen LogP contribution in [0.5, 0.6) is 11.8 Å². The van der Waals surface area contributed by atoms with E-state index in [1.54, 1.807) is 42.7 Å². The van der Waals surface area contributed by atoms with Crippen LogP contribution >= 0.6 is 27.5 Å². The number of benzene rings is 1. The van der Waals surface area contributed by atoms with Crippen molar-refractivity contribution in [1.82, 2.24) is 15.0 Å². The summed E-state index contributed by atoms with van der Waals surface area (Å²) in [5.74, 6) is 0.228. The van der Waals surface area contributed by atoms with E-state index in [0.29, 0.717) is 15.9 Å². The number of aromatic nitrogens is 3. The second kappa shape index (κ2) is 7.58. The Morgan fingerprint density at radius 2 is 1.96 bits per heavy atom. The summed E-state index contributed by atoms with van der Waals surface area (Å²) in [5.41, 5.74) is 1.75. The Morgan fingerprint density at radius 1 is 1.20 bits per heavy atom. The normalized spacial score (nSPS) is 10.4. The highest BCUT2D eigenvalue weighted by Gasteiger charge is 2.14. The first-order chi connectivity index (χ1) is 12.0. The zero-order valence-corrected chi connectivity index (χ0v) is 15.4. The van der Waals surface area contributed by atoms with Crippen molar-refractivity contribution < 1.29 is 9.53 Å². The maximum atomic E-state index is 12.4. The van der Waals surface area contributed by atoms with Gasteiger partial charge in [0.1, 0.15) is 10.9 Å². The van der Waals surface area contributed by atoms with Crippen molar-refractivity contribution in [3.8, 4) is 11.8 Å². The predicted octanol–water partition coefficient (Wildman–Crippen LogP) is 4.64. The first kappa shape index (κ1) is 17.3. The summed E-state index contributed by atoms with van der Waals surface area (Å²) in [7, 11) is 0. The molecule has 0 saturated heterocycles. The minimum atomic E-state index is -0.345. The number of halogens is 2. The van der Waals surface area contributed by atoms with Gasteiger partial charge in [0, 0.05) is 28.8 Å². The van der Waals surface area contributed by atoms with Crippen LogP contribution < -0.4 is 10.1 Å². The Morgan fingerprint density at radius 3 is 2.68 bits per heavy atom. The van der Waals surface area contributed by atoms with Gasteiger partial charge in [-0.3, -0.25) is 4.79 Å². The molecule has 0 spiro atoms. The monoisotopic (exact) mass is 418 g/mol. The van der Waals surface area contributed by atoms with Crippen LogP contribution in [0, 0.1) is 6.92 Å². The molecule has 0 unspecified atom stereocenters. The molecular formula is C17H12BrClN4O2. The summed E-state index contributed by atoms with van der Waals surface area (Å²) in [6.45, 7) is 1.86. The lowest BCUT2D eigenvalue weighted by Crippen LogP contribution is -2.14. The molecule has 3 rings (SSSR count). The highest BCUT2D eigenvalue weighted by atomic mass is 79.9. The molecule has 1 aromatic carbocycles. The number of hydrogen-bond donors (Lipinski definition) is 1. The van der Waals surface area contributed by atoms with E-state index >= 15 is 0 Å². The molecule has 0 saturated carbocycles. The van der Waals surface area contributed by atoms with E-state index in [9.17, 15) is 4.79 Å². The van der Waals surface area contributed by atoms with Crippen LogP contribution in [0.3, 0.4) is 0 Å². The molecule has 2 heterocycles. The average Bonchev–Trinajstić information content (AvgIpc) is 2.60. The summed E-state index contributed by atoms with van der Waals surface area (Å²) >= 11 is 9.26. The number of rotatable bonds is 4. The third-order valence-electron chi connectivity index (χ3n) is 3.25. The number of nitrogens with one attached hydrogen (secondary N) is 1. The molecule has 0 aliphatic carbocycles. The van der Waals surface area contributed by atoms with Crippen LogP contribution in [-0.2, 0) is 0 Å². The van der Waals surface area contributed by atoms with Gasteiger partial charge in [-0.2, -0.15) is 0 Å². The van der Waals surface area contributed by atoms with E-state index in [1.807, 2.05) is 6.92 Å². The quantitative estimate of drug-likeness (QED) is 0.623. The summed E-state index contributed by atoms with van der Waals surface area (Å²) < 4.78 is 6.24. The van der Waals surface area contributed by atoms with Gasteiger partial charge >= 0.3 is 6.01 Å². The minimum absolute atomic E-state index is 0.138. The Hall–Kier alpha value is -2.51. The molecule has 1 amide bonds. The van der Waals surface area contributed by atoms with E-state index in [-0.39, 0.29) is 22.6 Å². The van der Waals surface area contributed by atoms with Crippen LogP contribution in [0.15, 0.2) is 53.4 Å². The lowest BCUT2D eigenvalue weighted by Gasteiger charge is -2.11. The van der Waals surface area contributed by atoms with E-state index in [2.05, 4.69) is 36.2 Å². The third kappa shape index (κ3) is 4.32. The fraction of sp³-hybridized carbons (Fsp3) is 0.0588. The van der Waals surface area contributed by atoms with Gasteiger partial charge < -0.3 is 10.1 Å². The molecule has 0 bridgehead atoms. The minimum Gasteiger partial charge on any atom is -0.424 e. The van der Waals surface area contributed by atoms with Gasteiger partial charge in [0.2, 0.25) is 0 Å². The van der Waals surface area contributed by atoms with Crippen LogP contribution in [-0.4, -0.2) is 20.9 Å². The van der Waals surface area contributed by atoms with Gasteiger partial charge in [0.25, 0.3) is 5.91 Å². The highest BCUT2D eigenvalue weighted by molar-refractivity contribution is 9.10. The molecule has 0 aliphatic rings. The smallest absolute Gasteiger partial charge is 0.321 e. The molecule has 1 N–H and O–H groups in total. The zero-order valence-electron chi connectivity index (χ0n) is 13.0. The van der Waals surface area contributed by atoms with E-state index in [4.69, 9.17) is 16.3 Å². The number of carbonyl (C=O) groups excluding carboxylic acids is 1. The summed E-state index contributed by atoms with van der Waals surface area (Å²) in [4.78, 5) is 24.4. The van der Waals surface area contributed by atoms with Gasteiger partial charge in [-0.25, -0.2) is 15.0 Å². The first-order valence-electron chi connectivity index (χ1n) is 7.21. The molecular weight excluding hydrogens is 408 g/mol. The van der Waals surface area contributed by atoms with Gasteiger partial charge in [0.15, 0.2) is 0 Å². The number of amides is 1. The van der Waals surface area contributed by atoms with Gasteiger partial charge in [0.05, 0.1) is 5.56 Å². The molecule has 3 aromatic rings. The third-order valence-corrected chi connectivity index (χ3v) is 3.98. The average molecular weight is 420 g/mol. The molecule has 0 atom stereocenters. The van der Waals surface area contributed by atoms with Crippen molar-refractivity contribution in [3.63, 3.8) is 0 Å². The molecule has 0 fully saturated rings. The number of pyridine rings is 1. The first-order valence-corrected chi connectivity index (χ1v) is 8.38. The largest absolute Gasteiger partial charge is 0.424 e. The Balaban J connectivity index is 1.77. The number of hydrogen-bond acceptors (Lipinski definition) is 5. The van der Waals surface area contributed by atoms with Crippen LogP contribution in [0.2, 0.25) is 5.15 Å². The Kier molecular flexibility index (Phi) is 5.25. The maximum Gasteiger partial charge on any atom is 0.321 e. The van der Waals surface area contributed by atoms with E-state index in [1.165, 1.54) is 6.20 Å². The lowest BCUT2D eigenvalue weighted by molar-refractivity contribution is 0.102. The van der Waals surface area contributed by atoms with Crippen LogP contribution in [0.4, 0.5) is 5.69 Å². The number of aryl methyl sites for hydroxylation is 1. The van der Waals surface area contributed by atoms with Crippen LogP contribution in [0.1, 0.15) is 15.9 Å². The van der Waals surface area contributed by atoms with Crippen molar-refractivity contribution in [2.45, 2.75) is 6.92 Å². The second-order valence-corrected chi connectivity index (χ2v) is 6.33. The van der Waals surface area contributed by atoms with Crippen LogP contribution in [0.25, 0.3) is 0 Å². The van der Waals surface area contributed by atoms with Gasteiger partial charge in [-0.1, -0.05) is 11.6 Å². The van der Waals surface area contributed by atoms with E-state index in [0.717, 1.165) is 5.56 Å². The van der Waals surface area contributed by atoms with E-state index < -0.39 is 0 Å². The summed E-state index contributed by atoms with van der Waals surface area (Å²) in [6.07, 6.45) is 4.72. The Labute approximate surface area is 157 Å². The van der Waals surface area contributed by atoms with Crippen molar-refractivity contribution in [1.29, 1.82) is 0 Å². The molecule has 6 nitrogen and oxygen atoms in total. The SMILES string of the molecule is Cc1cc(Oc2ncccn2)ccc1NC(=O)c1cc(Br)cnc1Cl. The van der Waals surface area contributed by atoms with Gasteiger partial charge in [-0.05, 0) is 58.7 Å². The van der Waals surface area contributed by atoms with Crippen molar-refractivity contribution in [3.05, 3.63) is 69.7 Å². The molecule has 0 radical (unpaired) electrons. The fourth-order valence-electron chi connectivity index (χ4n) is 2.05. The lowest BCUT2D eigenvalue weighted by atomic mass is 10.1.